The summed E-state index contributed by atoms with van der Waals surface area (Å²) in [6, 6.07) is -5.76. The number of nitrogens with zero attached hydrogens (tertiary/aromatic N) is 5. The van der Waals surface area contributed by atoms with Crippen molar-refractivity contribution in [3.8, 4) is 0 Å². The summed E-state index contributed by atoms with van der Waals surface area (Å²) in [6.45, 7) is 0.392. The lowest BCUT2D eigenvalue weighted by Crippen LogP contribution is -2.55. The molecule has 174 valence electrons. The van der Waals surface area contributed by atoms with Crippen molar-refractivity contribution >= 4 is 22.9 Å². The molecule has 0 saturated heterocycles. The third-order valence-corrected chi connectivity index (χ3v) is 3.85. The number of nitro groups is 2. The van der Waals surface area contributed by atoms with E-state index in [9.17, 15) is 55.4 Å². The normalized spacial score (nSPS) is 12.4. The fraction of sp³-hybridized carbons (Fsp3) is 0.286. The first kappa shape index (κ1) is 24.4. The molecule has 0 fully saturated rings. The summed E-state index contributed by atoms with van der Waals surface area (Å²) in [5.74, 6) is -0.843. The quantitative estimate of drug-likeness (QED) is 0.277. The molecule has 1 aromatic heterocycles. The van der Waals surface area contributed by atoms with Crippen molar-refractivity contribution in [1.82, 2.24) is 9.97 Å². The number of hydrazine groups is 1. The minimum Gasteiger partial charge on any atom is -0.276 e. The van der Waals surface area contributed by atoms with Gasteiger partial charge in [-0.3, -0.25) is 25.7 Å². The van der Waals surface area contributed by atoms with E-state index in [1.54, 1.807) is 0 Å². The van der Waals surface area contributed by atoms with Gasteiger partial charge in [0.2, 0.25) is 5.69 Å². The van der Waals surface area contributed by atoms with E-state index < -0.39 is 67.3 Å². The zero-order valence-electron chi connectivity index (χ0n) is 15.2. The Morgan fingerprint density at radius 3 is 2.03 bits per heavy atom. The Kier molecular flexibility index (Phi) is 6.10. The third kappa shape index (κ3) is 4.42. The van der Waals surface area contributed by atoms with Gasteiger partial charge in [0, 0.05) is 23.9 Å². The van der Waals surface area contributed by atoms with E-state index in [1.807, 2.05) is 0 Å². The Morgan fingerprint density at radius 1 is 1.03 bits per heavy atom. The molecule has 1 heterocycles. The van der Waals surface area contributed by atoms with Gasteiger partial charge >= 0.3 is 29.8 Å². The zero-order chi connectivity index (χ0) is 24.6. The second kappa shape index (κ2) is 8.00. The molecule has 0 aliphatic carbocycles. The number of nitrogens with one attached hydrogen (secondary N) is 1. The molecular weight excluding hydrogens is 468 g/mol. The molecule has 0 unspecified atom stereocenters. The van der Waals surface area contributed by atoms with Crippen LogP contribution in [-0.2, 0) is 6.18 Å². The van der Waals surface area contributed by atoms with Crippen molar-refractivity contribution in [1.29, 1.82) is 0 Å². The van der Waals surface area contributed by atoms with Crippen LogP contribution in [-0.4, -0.2) is 32.0 Å². The van der Waals surface area contributed by atoms with Gasteiger partial charge < -0.3 is 0 Å². The van der Waals surface area contributed by atoms with E-state index in [0.717, 1.165) is 6.20 Å². The SMILES string of the molecule is Cc1c(C(F)(F)F)cc([N+](=O)[O-])c(N(Nc2ccncn2)C(F)(F)C(F)(F)F)c1[N+](=O)[O-]. The largest absolute Gasteiger partial charge is 0.477 e. The number of rotatable bonds is 6. The third-order valence-electron chi connectivity index (χ3n) is 3.85. The van der Waals surface area contributed by atoms with Crippen LogP contribution < -0.4 is 10.4 Å². The van der Waals surface area contributed by atoms with Gasteiger partial charge in [-0.1, -0.05) is 0 Å². The first-order chi connectivity index (χ1) is 14.5. The Balaban J connectivity index is 3.01. The van der Waals surface area contributed by atoms with Gasteiger partial charge in [-0.25, -0.2) is 15.0 Å². The van der Waals surface area contributed by atoms with Crippen molar-refractivity contribution in [3.63, 3.8) is 0 Å². The Morgan fingerprint density at radius 2 is 1.62 bits per heavy atom. The number of alkyl halides is 8. The number of nitro benzene ring substituents is 2. The van der Waals surface area contributed by atoms with Crippen LogP contribution in [0.15, 0.2) is 24.7 Å². The van der Waals surface area contributed by atoms with Crippen molar-refractivity contribution in [3.05, 3.63) is 56.0 Å². The molecule has 1 aromatic carbocycles. The van der Waals surface area contributed by atoms with E-state index in [0.29, 0.717) is 19.3 Å². The van der Waals surface area contributed by atoms with Crippen LogP contribution in [0.1, 0.15) is 11.1 Å². The maximum absolute atomic E-state index is 14.3. The van der Waals surface area contributed by atoms with Gasteiger partial charge in [-0.05, 0) is 6.92 Å². The molecule has 10 nitrogen and oxygen atoms in total. The minimum atomic E-state index is -6.49. The van der Waals surface area contributed by atoms with Crippen LogP contribution in [0, 0.1) is 27.2 Å². The molecule has 0 aliphatic rings. The molecule has 0 saturated carbocycles. The summed E-state index contributed by atoms with van der Waals surface area (Å²) in [5.41, 5.74) is -8.19. The van der Waals surface area contributed by atoms with Crippen LogP contribution >= 0.6 is 0 Å². The molecule has 0 aliphatic heterocycles. The fourth-order valence-corrected chi connectivity index (χ4v) is 2.48. The second-order valence-corrected chi connectivity index (χ2v) is 5.86. The number of benzene rings is 1. The lowest BCUT2D eigenvalue weighted by Gasteiger charge is -2.33. The number of anilines is 2. The standard InChI is InChI=1S/C14H8F8N6O4/c1-6-7(12(15,16)17)4-8(27(29)30)11(10(6)28(31)32)26(14(21,22)13(18,19)20)25-9-2-3-23-5-24-9/h2-5H,1H3,(H,23,24,25). The summed E-state index contributed by atoms with van der Waals surface area (Å²) in [6.07, 6.45) is -10.4. The molecule has 0 spiro atoms. The lowest BCUT2D eigenvalue weighted by atomic mass is 10.0. The maximum Gasteiger partial charge on any atom is 0.477 e. The summed E-state index contributed by atoms with van der Waals surface area (Å²) < 4.78 is 108. The van der Waals surface area contributed by atoms with Crippen LogP contribution in [0.2, 0.25) is 0 Å². The molecular formula is C14H8F8N6O4. The highest BCUT2D eigenvalue weighted by molar-refractivity contribution is 5.81. The van der Waals surface area contributed by atoms with Crippen LogP contribution in [0.5, 0.6) is 0 Å². The smallest absolute Gasteiger partial charge is 0.276 e. The zero-order valence-corrected chi connectivity index (χ0v) is 15.2. The minimum absolute atomic E-state index is 0.376. The molecule has 2 rings (SSSR count). The van der Waals surface area contributed by atoms with Gasteiger partial charge in [0.05, 0.1) is 15.4 Å². The Hall–Kier alpha value is -3.86. The first-order valence-corrected chi connectivity index (χ1v) is 7.81. The van der Waals surface area contributed by atoms with Gasteiger partial charge in [-0.15, -0.1) is 0 Å². The van der Waals surface area contributed by atoms with Crippen molar-refractivity contribution in [2.75, 3.05) is 10.4 Å². The predicted octanol–water partition coefficient (Wildman–Crippen LogP) is 4.61. The molecule has 18 heteroatoms. The number of hydrogen-bond acceptors (Lipinski definition) is 8. The van der Waals surface area contributed by atoms with Gasteiger partial charge in [0.25, 0.3) is 0 Å². The van der Waals surface area contributed by atoms with Crippen molar-refractivity contribution < 1.29 is 45.0 Å². The highest BCUT2D eigenvalue weighted by Gasteiger charge is 2.65. The Labute approximate surface area is 170 Å². The molecule has 1 N–H and O–H groups in total. The van der Waals surface area contributed by atoms with E-state index >= 15 is 0 Å². The molecule has 0 amide bonds. The summed E-state index contributed by atoms with van der Waals surface area (Å²) in [4.78, 5) is 25.9. The van der Waals surface area contributed by atoms with Crippen LogP contribution in [0.25, 0.3) is 0 Å². The lowest BCUT2D eigenvalue weighted by molar-refractivity contribution is -0.394. The molecule has 0 radical (unpaired) electrons. The van der Waals surface area contributed by atoms with Gasteiger partial charge in [0.1, 0.15) is 12.1 Å². The summed E-state index contributed by atoms with van der Waals surface area (Å²) in [7, 11) is 0. The molecule has 2 aromatic rings. The molecule has 0 bridgehead atoms. The van der Waals surface area contributed by atoms with Gasteiger partial charge in [-0.2, -0.15) is 35.1 Å². The highest BCUT2D eigenvalue weighted by Crippen LogP contribution is 2.50. The van der Waals surface area contributed by atoms with E-state index in [2.05, 4.69) is 9.97 Å². The fourth-order valence-electron chi connectivity index (χ4n) is 2.48. The van der Waals surface area contributed by atoms with Crippen molar-refractivity contribution in [2.45, 2.75) is 25.3 Å². The predicted molar refractivity (Wildman–Crippen MR) is 88.6 cm³/mol. The summed E-state index contributed by atoms with van der Waals surface area (Å²) in [5, 5.41) is 21.4. The van der Waals surface area contributed by atoms with Gasteiger partial charge in [0.15, 0.2) is 0 Å². The van der Waals surface area contributed by atoms with E-state index in [1.165, 1.54) is 5.43 Å². The first-order valence-electron chi connectivity index (χ1n) is 7.81. The Bertz CT molecular complexity index is 1040. The number of aromatic nitrogens is 2. The second-order valence-electron chi connectivity index (χ2n) is 5.86. The average molecular weight is 476 g/mol. The van der Waals surface area contributed by atoms with E-state index in [4.69, 9.17) is 0 Å². The maximum atomic E-state index is 14.3. The average Bonchev–Trinajstić information content (AvgIpc) is 2.63. The number of halogens is 8. The van der Waals surface area contributed by atoms with Crippen LogP contribution in [0.3, 0.4) is 0 Å². The highest BCUT2D eigenvalue weighted by atomic mass is 19.4. The topological polar surface area (TPSA) is 127 Å². The monoisotopic (exact) mass is 476 g/mol. The molecule has 32 heavy (non-hydrogen) atoms. The molecule has 0 atom stereocenters. The van der Waals surface area contributed by atoms with E-state index in [-0.39, 0.29) is 6.07 Å². The van der Waals surface area contributed by atoms with Crippen molar-refractivity contribution in [2.24, 2.45) is 0 Å². The summed E-state index contributed by atoms with van der Waals surface area (Å²) >= 11 is 0. The van der Waals surface area contributed by atoms with Crippen LogP contribution in [0.4, 0.5) is 58.0 Å². The number of hydrogen-bond donors (Lipinski definition) is 1.